The van der Waals surface area contributed by atoms with Gasteiger partial charge in [0.05, 0.1) is 12.5 Å². The molecule has 36 heavy (non-hydrogen) atoms. The molecule has 0 aliphatic carbocycles. The number of carbonyl (C=O) groups is 6. The molecule has 0 spiro atoms. The van der Waals surface area contributed by atoms with Crippen molar-refractivity contribution >= 4 is 35.6 Å². The molecule has 0 radical (unpaired) electrons. The molecule has 0 saturated carbocycles. The number of nitrogens with two attached hydrogens (primary N) is 1. The second-order valence-corrected chi connectivity index (χ2v) is 8.51. The number of hydrogen-bond acceptors (Lipinski definition) is 7. The number of carboxylic acids is 3. The number of nitrogens with one attached hydrogen (secondary N) is 3. The van der Waals surface area contributed by atoms with Gasteiger partial charge >= 0.3 is 17.9 Å². The highest BCUT2D eigenvalue weighted by molar-refractivity contribution is 5.95. The number of hydrogen-bond donors (Lipinski definition) is 7. The maximum Gasteiger partial charge on any atom is 0.326 e. The van der Waals surface area contributed by atoms with Gasteiger partial charge in [0.25, 0.3) is 0 Å². The number of benzene rings is 1. The van der Waals surface area contributed by atoms with Crippen LogP contribution in [0.15, 0.2) is 30.3 Å². The fraction of sp³-hybridized carbons (Fsp3) is 0.478. The normalized spacial score (nSPS) is 14.1. The summed E-state index contributed by atoms with van der Waals surface area (Å²) in [5, 5.41) is 34.0. The third-order valence-electron chi connectivity index (χ3n) is 5.21. The molecule has 1 aromatic carbocycles. The third kappa shape index (κ3) is 10.5. The standard InChI is InChI=1S/C23H32N4O9/c1-12(2)19(24)22(34)26-15(10-13-6-4-3-5-7-13)21(33)25-14(8-9-17(28)29)20(32)27-16(23(35)36)11-18(30)31/h3-7,12,14-16,19H,8-11,24H2,1-2H3,(H,25,33)(H,26,34)(H,27,32)(H,28,29)(H,30,31)(H,35,36). The average Bonchev–Trinajstić information content (AvgIpc) is 2.80. The van der Waals surface area contributed by atoms with Crippen LogP contribution in [-0.2, 0) is 35.2 Å². The lowest BCUT2D eigenvalue weighted by molar-refractivity contribution is -0.147. The molecule has 0 fully saturated rings. The zero-order valence-corrected chi connectivity index (χ0v) is 20.0. The SMILES string of the molecule is CC(C)C(N)C(=O)NC(Cc1ccccc1)C(=O)NC(CCC(=O)O)C(=O)NC(CC(=O)O)C(=O)O. The predicted molar refractivity (Wildman–Crippen MR) is 126 cm³/mol. The van der Waals surface area contributed by atoms with Crippen molar-refractivity contribution in [3.63, 3.8) is 0 Å². The van der Waals surface area contributed by atoms with Crippen molar-refractivity contribution < 1.29 is 44.1 Å². The van der Waals surface area contributed by atoms with Crippen LogP contribution in [0.1, 0.15) is 38.7 Å². The van der Waals surface area contributed by atoms with Crippen LogP contribution in [0, 0.1) is 5.92 Å². The first-order chi connectivity index (χ1) is 16.8. The lowest BCUT2D eigenvalue weighted by Gasteiger charge is -2.25. The Balaban J connectivity index is 3.14. The molecule has 198 valence electrons. The van der Waals surface area contributed by atoms with Crippen LogP contribution < -0.4 is 21.7 Å². The second kappa shape index (κ2) is 14.4. The minimum absolute atomic E-state index is 0.0211. The van der Waals surface area contributed by atoms with E-state index in [0.29, 0.717) is 5.56 Å². The molecule has 3 amide bonds. The van der Waals surface area contributed by atoms with Crippen LogP contribution >= 0.6 is 0 Å². The topological polar surface area (TPSA) is 225 Å². The molecule has 8 N–H and O–H groups in total. The fourth-order valence-corrected chi connectivity index (χ4v) is 3.09. The summed E-state index contributed by atoms with van der Waals surface area (Å²) >= 11 is 0. The van der Waals surface area contributed by atoms with Crippen LogP contribution in [-0.4, -0.2) is 75.1 Å². The number of carboxylic acid groups (broad SMARTS) is 3. The molecule has 0 aliphatic heterocycles. The van der Waals surface area contributed by atoms with E-state index in [-0.39, 0.29) is 12.3 Å². The quantitative estimate of drug-likeness (QED) is 0.154. The number of rotatable bonds is 15. The van der Waals surface area contributed by atoms with E-state index >= 15 is 0 Å². The maximum absolute atomic E-state index is 13.1. The molecule has 13 heteroatoms. The Labute approximate surface area is 207 Å². The Kier molecular flexibility index (Phi) is 12.0. The zero-order valence-electron chi connectivity index (χ0n) is 20.0. The summed E-state index contributed by atoms with van der Waals surface area (Å²) in [6.45, 7) is 3.44. The minimum Gasteiger partial charge on any atom is -0.481 e. The molecular weight excluding hydrogens is 476 g/mol. The van der Waals surface area contributed by atoms with Gasteiger partial charge in [0.1, 0.15) is 18.1 Å². The van der Waals surface area contributed by atoms with Crippen molar-refractivity contribution in [2.75, 3.05) is 0 Å². The van der Waals surface area contributed by atoms with Gasteiger partial charge in [-0.25, -0.2) is 4.79 Å². The molecular formula is C23H32N4O9. The summed E-state index contributed by atoms with van der Waals surface area (Å²) in [6, 6.07) is 3.20. The molecule has 0 aliphatic rings. The number of aliphatic carboxylic acids is 3. The smallest absolute Gasteiger partial charge is 0.326 e. The largest absolute Gasteiger partial charge is 0.481 e. The Hall–Kier alpha value is -4.00. The first kappa shape index (κ1) is 30.0. The highest BCUT2D eigenvalue weighted by atomic mass is 16.4. The van der Waals surface area contributed by atoms with Crippen molar-refractivity contribution in [3.8, 4) is 0 Å². The fourth-order valence-electron chi connectivity index (χ4n) is 3.09. The summed E-state index contributed by atoms with van der Waals surface area (Å²) in [6.07, 6.45) is -1.87. The van der Waals surface area contributed by atoms with Crippen molar-refractivity contribution in [2.24, 2.45) is 11.7 Å². The van der Waals surface area contributed by atoms with Crippen LogP contribution in [0.2, 0.25) is 0 Å². The summed E-state index contributed by atoms with van der Waals surface area (Å²) in [4.78, 5) is 71.7. The Morgan fingerprint density at radius 3 is 1.81 bits per heavy atom. The van der Waals surface area contributed by atoms with E-state index in [1.807, 2.05) is 5.32 Å². The van der Waals surface area contributed by atoms with Gasteiger partial charge in [-0.15, -0.1) is 0 Å². The Morgan fingerprint density at radius 1 is 0.778 bits per heavy atom. The van der Waals surface area contributed by atoms with Gasteiger partial charge in [-0.3, -0.25) is 24.0 Å². The van der Waals surface area contributed by atoms with E-state index in [1.54, 1.807) is 44.2 Å². The first-order valence-corrected chi connectivity index (χ1v) is 11.2. The highest BCUT2D eigenvalue weighted by Crippen LogP contribution is 2.08. The van der Waals surface area contributed by atoms with E-state index in [2.05, 4.69) is 10.6 Å². The molecule has 4 unspecified atom stereocenters. The predicted octanol–water partition coefficient (Wildman–Crippen LogP) is -0.909. The van der Waals surface area contributed by atoms with Crippen LogP contribution in [0.5, 0.6) is 0 Å². The van der Waals surface area contributed by atoms with Gasteiger partial charge in [0.15, 0.2) is 0 Å². The minimum atomic E-state index is -1.80. The zero-order chi connectivity index (χ0) is 27.4. The molecule has 0 saturated heterocycles. The lowest BCUT2D eigenvalue weighted by atomic mass is 10.0. The number of carbonyl (C=O) groups excluding carboxylic acids is 3. The number of amides is 3. The molecule has 0 heterocycles. The average molecular weight is 509 g/mol. The van der Waals surface area contributed by atoms with Gasteiger partial charge in [-0.1, -0.05) is 44.2 Å². The lowest BCUT2D eigenvalue weighted by Crippen LogP contribution is -2.58. The van der Waals surface area contributed by atoms with Crippen molar-refractivity contribution in [3.05, 3.63) is 35.9 Å². The third-order valence-corrected chi connectivity index (χ3v) is 5.21. The van der Waals surface area contributed by atoms with Crippen LogP contribution in [0.4, 0.5) is 0 Å². The molecule has 13 nitrogen and oxygen atoms in total. The van der Waals surface area contributed by atoms with E-state index in [9.17, 15) is 33.9 Å². The van der Waals surface area contributed by atoms with Gasteiger partial charge in [-0.05, 0) is 17.9 Å². The van der Waals surface area contributed by atoms with Crippen LogP contribution in [0.3, 0.4) is 0 Å². The summed E-state index contributed by atoms with van der Waals surface area (Å²) in [5.74, 6) is -7.14. The van der Waals surface area contributed by atoms with Gasteiger partial charge in [0.2, 0.25) is 17.7 Å². The van der Waals surface area contributed by atoms with Crippen LogP contribution in [0.25, 0.3) is 0 Å². The Bertz CT molecular complexity index is 952. The molecule has 1 rings (SSSR count). The Morgan fingerprint density at radius 2 is 1.31 bits per heavy atom. The van der Waals surface area contributed by atoms with E-state index in [1.165, 1.54) is 0 Å². The van der Waals surface area contributed by atoms with Crippen molar-refractivity contribution in [2.45, 2.75) is 63.7 Å². The first-order valence-electron chi connectivity index (χ1n) is 11.2. The second-order valence-electron chi connectivity index (χ2n) is 8.51. The monoisotopic (exact) mass is 508 g/mol. The van der Waals surface area contributed by atoms with Gasteiger partial charge in [-0.2, -0.15) is 0 Å². The van der Waals surface area contributed by atoms with Crippen molar-refractivity contribution in [1.29, 1.82) is 0 Å². The van der Waals surface area contributed by atoms with Gasteiger partial charge in [0, 0.05) is 12.8 Å². The maximum atomic E-state index is 13.1. The molecule has 4 atom stereocenters. The molecule has 0 bridgehead atoms. The van der Waals surface area contributed by atoms with E-state index in [0.717, 1.165) is 0 Å². The summed E-state index contributed by atoms with van der Waals surface area (Å²) < 4.78 is 0. The summed E-state index contributed by atoms with van der Waals surface area (Å²) in [5.41, 5.74) is 6.55. The molecule has 0 aromatic heterocycles. The highest BCUT2D eigenvalue weighted by Gasteiger charge is 2.31. The van der Waals surface area contributed by atoms with Gasteiger partial charge < -0.3 is 37.0 Å². The van der Waals surface area contributed by atoms with E-state index in [4.69, 9.17) is 15.9 Å². The van der Waals surface area contributed by atoms with Crippen molar-refractivity contribution in [1.82, 2.24) is 16.0 Å². The molecule has 1 aromatic rings. The van der Waals surface area contributed by atoms with E-state index < -0.39 is 79.1 Å². The summed E-state index contributed by atoms with van der Waals surface area (Å²) in [7, 11) is 0.